The van der Waals surface area contributed by atoms with Crippen molar-refractivity contribution < 1.29 is 19.3 Å². The largest absolute Gasteiger partial charge is 0.492 e. The van der Waals surface area contributed by atoms with Gasteiger partial charge in [0.05, 0.1) is 5.60 Å². The second-order valence-electron chi connectivity index (χ2n) is 10.4. The number of ether oxygens (including phenoxy) is 3. The smallest absolute Gasteiger partial charge is 0.127 e. The fraction of sp³-hybridized carbons (Fsp3) is 0.613. The van der Waals surface area contributed by atoms with Crippen molar-refractivity contribution in [2.24, 2.45) is 11.5 Å². The molecular weight excluding hydrogens is 464 g/mol. The van der Waals surface area contributed by atoms with Gasteiger partial charge in [-0.3, -0.25) is 0 Å². The third-order valence-corrected chi connectivity index (χ3v) is 7.34. The van der Waals surface area contributed by atoms with Crippen molar-refractivity contribution >= 4 is 0 Å². The molecule has 206 valence electrons. The van der Waals surface area contributed by atoms with Gasteiger partial charge in [0.1, 0.15) is 24.7 Å². The molecule has 0 spiro atoms. The van der Waals surface area contributed by atoms with Gasteiger partial charge in [-0.05, 0) is 79.8 Å². The average Bonchev–Trinajstić information content (AvgIpc) is 2.90. The van der Waals surface area contributed by atoms with Crippen molar-refractivity contribution in [1.82, 2.24) is 0 Å². The van der Waals surface area contributed by atoms with Gasteiger partial charge in [0.2, 0.25) is 0 Å². The summed E-state index contributed by atoms with van der Waals surface area (Å²) in [6.45, 7) is 2.60. The first-order chi connectivity index (χ1) is 18.1. The highest BCUT2D eigenvalue weighted by atomic mass is 16.5. The van der Waals surface area contributed by atoms with Crippen LogP contribution in [0.5, 0.6) is 11.5 Å². The van der Waals surface area contributed by atoms with Crippen molar-refractivity contribution in [3.05, 3.63) is 47.5 Å². The molecule has 1 aliphatic carbocycles. The Balaban J connectivity index is 1.93. The average molecular weight is 513 g/mol. The van der Waals surface area contributed by atoms with Crippen LogP contribution in [0.2, 0.25) is 0 Å². The lowest BCUT2D eigenvalue weighted by atomic mass is 9.82. The molecule has 1 fully saturated rings. The van der Waals surface area contributed by atoms with E-state index < -0.39 is 5.60 Å². The number of hydrogen-bond donors (Lipinski definition) is 3. The molecule has 6 heteroatoms. The van der Waals surface area contributed by atoms with Gasteiger partial charge >= 0.3 is 0 Å². The number of methoxy groups -OCH3 is 1. The first-order valence-electron chi connectivity index (χ1n) is 14.2. The van der Waals surface area contributed by atoms with Gasteiger partial charge in [0, 0.05) is 32.4 Å². The third-order valence-electron chi connectivity index (χ3n) is 7.34. The molecule has 0 amide bonds. The Morgan fingerprint density at radius 1 is 0.838 bits per heavy atom. The van der Waals surface area contributed by atoms with Gasteiger partial charge in [-0.1, -0.05) is 50.3 Å². The highest BCUT2D eigenvalue weighted by Gasteiger charge is 2.27. The van der Waals surface area contributed by atoms with Crippen LogP contribution in [-0.2, 0) is 17.6 Å². The van der Waals surface area contributed by atoms with Crippen LogP contribution in [-0.4, -0.2) is 50.7 Å². The standard InChI is InChI=1S/C31H48N2O4/c1-35-19-8-5-10-26-11-9-12-29(37-21-18-33)30(26)27-22-25(23-28(24-27)36-20-17-32)13-16-31(34)14-6-3-2-4-7-15-31/h9,11-12,22-24,34H,2-8,10,13-21,32-33H2,1H3. The lowest BCUT2D eigenvalue weighted by Crippen LogP contribution is -2.30. The minimum atomic E-state index is -0.580. The molecule has 2 aromatic rings. The second-order valence-corrected chi connectivity index (χ2v) is 10.4. The molecule has 0 bridgehead atoms. The Hall–Kier alpha value is -2.12. The molecule has 2 aromatic carbocycles. The quantitative estimate of drug-likeness (QED) is 0.276. The Bertz CT molecular complexity index is 925. The van der Waals surface area contributed by atoms with E-state index in [4.69, 9.17) is 25.7 Å². The maximum Gasteiger partial charge on any atom is 0.127 e. The predicted molar refractivity (Wildman–Crippen MR) is 151 cm³/mol. The van der Waals surface area contributed by atoms with Gasteiger partial charge in [-0.2, -0.15) is 0 Å². The van der Waals surface area contributed by atoms with Gasteiger partial charge < -0.3 is 30.8 Å². The summed E-state index contributed by atoms with van der Waals surface area (Å²) in [4.78, 5) is 0. The van der Waals surface area contributed by atoms with E-state index in [9.17, 15) is 5.11 Å². The van der Waals surface area contributed by atoms with E-state index in [0.717, 1.165) is 87.0 Å². The number of aliphatic hydroxyl groups is 1. The zero-order valence-electron chi connectivity index (χ0n) is 22.8. The van der Waals surface area contributed by atoms with Crippen LogP contribution in [0.4, 0.5) is 0 Å². The minimum absolute atomic E-state index is 0.459. The molecule has 3 rings (SSSR count). The number of aryl methyl sites for hydroxylation is 2. The summed E-state index contributed by atoms with van der Waals surface area (Å²) >= 11 is 0. The molecule has 0 aromatic heterocycles. The summed E-state index contributed by atoms with van der Waals surface area (Å²) in [5, 5.41) is 11.4. The highest BCUT2D eigenvalue weighted by molar-refractivity contribution is 5.76. The maximum atomic E-state index is 11.4. The summed E-state index contributed by atoms with van der Waals surface area (Å²) in [6.07, 6.45) is 12.3. The van der Waals surface area contributed by atoms with Crippen LogP contribution >= 0.6 is 0 Å². The maximum absolute atomic E-state index is 11.4. The molecule has 6 nitrogen and oxygen atoms in total. The molecule has 0 unspecified atom stereocenters. The van der Waals surface area contributed by atoms with Gasteiger partial charge in [-0.15, -0.1) is 0 Å². The lowest BCUT2D eigenvalue weighted by molar-refractivity contribution is 0.00627. The van der Waals surface area contributed by atoms with Crippen molar-refractivity contribution in [3.63, 3.8) is 0 Å². The molecule has 1 aliphatic rings. The van der Waals surface area contributed by atoms with E-state index in [1.165, 1.54) is 30.4 Å². The van der Waals surface area contributed by atoms with Crippen LogP contribution in [0.25, 0.3) is 11.1 Å². The lowest BCUT2D eigenvalue weighted by Gasteiger charge is -2.30. The van der Waals surface area contributed by atoms with Crippen LogP contribution in [0.3, 0.4) is 0 Å². The molecule has 1 saturated carbocycles. The number of nitrogens with two attached hydrogens (primary N) is 2. The summed E-state index contributed by atoms with van der Waals surface area (Å²) in [5.41, 5.74) is 15.5. The molecule has 0 saturated heterocycles. The van der Waals surface area contributed by atoms with E-state index >= 15 is 0 Å². The van der Waals surface area contributed by atoms with E-state index in [1.54, 1.807) is 7.11 Å². The Labute approximate surface area is 223 Å². The third kappa shape index (κ3) is 9.60. The van der Waals surface area contributed by atoms with Gasteiger partial charge in [0.15, 0.2) is 0 Å². The molecule has 0 radical (unpaired) electrons. The first-order valence-corrected chi connectivity index (χ1v) is 14.2. The van der Waals surface area contributed by atoms with E-state index in [-0.39, 0.29) is 0 Å². The Kier molecular flexibility index (Phi) is 12.7. The van der Waals surface area contributed by atoms with Crippen molar-refractivity contribution in [3.8, 4) is 22.6 Å². The van der Waals surface area contributed by atoms with Crippen molar-refractivity contribution in [2.45, 2.75) is 82.7 Å². The van der Waals surface area contributed by atoms with Crippen LogP contribution in [0.1, 0.15) is 75.3 Å². The summed E-state index contributed by atoms with van der Waals surface area (Å²) < 4.78 is 17.4. The summed E-state index contributed by atoms with van der Waals surface area (Å²) in [7, 11) is 1.74. The summed E-state index contributed by atoms with van der Waals surface area (Å²) in [5.74, 6) is 1.65. The normalized spacial score (nSPS) is 15.7. The zero-order valence-corrected chi connectivity index (χ0v) is 22.8. The highest BCUT2D eigenvalue weighted by Crippen LogP contribution is 2.38. The van der Waals surface area contributed by atoms with Crippen molar-refractivity contribution in [1.29, 1.82) is 0 Å². The summed E-state index contributed by atoms with van der Waals surface area (Å²) in [6, 6.07) is 12.7. The van der Waals surface area contributed by atoms with Gasteiger partial charge in [-0.25, -0.2) is 0 Å². The molecule has 0 heterocycles. The number of rotatable bonds is 15. The fourth-order valence-corrected chi connectivity index (χ4v) is 5.36. The SMILES string of the molecule is COCCCCc1cccc(OCCN)c1-c1cc(CCC2(O)CCCCCCC2)cc(OCCN)c1. The van der Waals surface area contributed by atoms with E-state index in [2.05, 4.69) is 30.3 Å². The van der Waals surface area contributed by atoms with Crippen LogP contribution in [0, 0.1) is 0 Å². The molecular formula is C31H48N2O4. The van der Waals surface area contributed by atoms with Crippen LogP contribution in [0.15, 0.2) is 36.4 Å². The minimum Gasteiger partial charge on any atom is -0.492 e. The Morgan fingerprint density at radius 3 is 2.30 bits per heavy atom. The Morgan fingerprint density at radius 2 is 1.57 bits per heavy atom. The second kappa shape index (κ2) is 16.0. The van der Waals surface area contributed by atoms with Crippen molar-refractivity contribution in [2.75, 3.05) is 40.0 Å². The van der Waals surface area contributed by atoms with Gasteiger partial charge in [0.25, 0.3) is 0 Å². The molecule has 37 heavy (non-hydrogen) atoms. The molecule has 0 atom stereocenters. The number of hydrogen-bond acceptors (Lipinski definition) is 6. The fourth-order valence-electron chi connectivity index (χ4n) is 5.36. The first kappa shape index (κ1) is 29.4. The van der Waals surface area contributed by atoms with Crippen LogP contribution < -0.4 is 20.9 Å². The predicted octanol–water partition coefficient (Wildman–Crippen LogP) is 5.41. The number of benzene rings is 2. The van der Waals surface area contributed by atoms with E-state index in [0.29, 0.717) is 26.3 Å². The zero-order chi connectivity index (χ0) is 26.3. The topological polar surface area (TPSA) is 100.0 Å². The van der Waals surface area contributed by atoms with E-state index in [1.807, 2.05) is 6.07 Å². The number of unbranched alkanes of at least 4 members (excludes halogenated alkanes) is 1. The monoisotopic (exact) mass is 512 g/mol. The molecule has 5 N–H and O–H groups in total. The molecule has 0 aliphatic heterocycles.